The lowest BCUT2D eigenvalue weighted by Gasteiger charge is -2.21. The molecule has 0 radical (unpaired) electrons. The van der Waals surface area contributed by atoms with Crippen LogP contribution in [0.2, 0.25) is 0 Å². The van der Waals surface area contributed by atoms with Gasteiger partial charge in [0.1, 0.15) is 11.6 Å². The maximum Gasteiger partial charge on any atom is 0.320 e. The van der Waals surface area contributed by atoms with Crippen LogP contribution in [0.3, 0.4) is 0 Å². The third kappa shape index (κ3) is 5.21. The van der Waals surface area contributed by atoms with Crippen molar-refractivity contribution in [3.05, 3.63) is 71.5 Å². The number of urea groups is 1. The number of hydrogen-bond acceptors (Lipinski definition) is 5. The molecule has 0 bridgehead atoms. The summed E-state index contributed by atoms with van der Waals surface area (Å²) >= 11 is 0. The molecule has 2 aromatic carbocycles. The van der Waals surface area contributed by atoms with Crippen LogP contribution in [0.5, 0.6) is 5.88 Å². The molecule has 1 saturated heterocycles. The number of aromatic nitrogens is 2. The van der Waals surface area contributed by atoms with Crippen molar-refractivity contribution in [2.75, 3.05) is 45.8 Å². The molecule has 0 saturated carbocycles. The van der Waals surface area contributed by atoms with Crippen LogP contribution in [0.1, 0.15) is 17.0 Å². The van der Waals surface area contributed by atoms with Gasteiger partial charge >= 0.3 is 6.03 Å². The molecule has 1 aromatic heterocycles. The van der Waals surface area contributed by atoms with Crippen LogP contribution in [0.25, 0.3) is 5.69 Å². The number of likely N-dealkylation sites (tertiary alicyclic amines) is 1. The van der Waals surface area contributed by atoms with Crippen molar-refractivity contribution in [1.29, 1.82) is 0 Å². The van der Waals surface area contributed by atoms with E-state index in [1.165, 1.54) is 12.1 Å². The molecule has 4 rings (SSSR count). The summed E-state index contributed by atoms with van der Waals surface area (Å²) in [6.07, 6.45) is 0. The number of carbonyl (C=O) groups excluding carboxylic acids is 1. The second-order valence-corrected chi connectivity index (χ2v) is 8.35. The van der Waals surface area contributed by atoms with Gasteiger partial charge in [-0.3, -0.25) is 10.2 Å². The fourth-order valence-electron chi connectivity index (χ4n) is 4.37. The van der Waals surface area contributed by atoms with Gasteiger partial charge in [0, 0.05) is 32.7 Å². The number of methoxy groups -OCH3 is 2. The van der Waals surface area contributed by atoms with E-state index in [2.05, 4.69) is 20.6 Å². The topological polar surface area (TPSA) is 80.7 Å². The van der Waals surface area contributed by atoms with Gasteiger partial charge in [-0.25, -0.2) is 13.9 Å². The summed E-state index contributed by atoms with van der Waals surface area (Å²) in [5.41, 5.74) is 2.52. The standard InChI is InChI=1S/C25H30FN5O3/c1-17-23(31(29-24(17)34-3)20-7-5-4-6-8-20)28-25(32)27-22-16-30(13-14-33-2)15-21(22)18-9-11-19(26)12-10-18/h4-12,21-22H,13-16H2,1-3H3,(H2,27,28,32)/t21-,22+/m0/s1. The van der Waals surface area contributed by atoms with E-state index in [1.807, 2.05) is 37.3 Å². The van der Waals surface area contributed by atoms with Crippen molar-refractivity contribution in [1.82, 2.24) is 20.0 Å². The zero-order valence-electron chi connectivity index (χ0n) is 19.6. The van der Waals surface area contributed by atoms with Gasteiger partial charge in [-0.2, -0.15) is 0 Å². The predicted molar refractivity (Wildman–Crippen MR) is 128 cm³/mol. The number of halogens is 1. The molecule has 180 valence electrons. The van der Waals surface area contributed by atoms with Gasteiger partial charge < -0.3 is 14.8 Å². The lowest BCUT2D eigenvalue weighted by molar-refractivity contribution is 0.159. The van der Waals surface area contributed by atoms with E-state index in [-0.39, 0.29) is 23.8 Å². The average Bonchev–Trinajstić information content (AvgIpc) is 3.39. The summed E-state index contributed by atoms with van der Waals surface area (Å²) in [4.78, 5) is 15.4. The third-order valence-corrected chi connectivity index (χ3v) is 6.13. The van der Waals surface area contributed by atoms with Crippen LogP contribution in [0.15, 0.2) is 54.6 Å². The molecule has 1 aliphatic rings. The van der Waals surface area contributed by atoms with Crippen molar-refractivity contribution in [3.63, 3.8) is 0 Å². The smallest absolute Gasteiger partial charge is 0.320 e. The number of anilines is 1. The van der Waals surface area contributed by atoms with Crippen molar-refractivity contribution < 1.29 is 18.7 Å². The average molecular weight is 468 g/mol. The fourth-order valence-corrected chi connectivity index (χ4v) is 4.37. The molecule has 1 fully saturated rings. The van der Waals surface area contributed by atoms with E-state index in [9.17, 15) is 9.18 Å². The first-order valence-corrected chi connectivity index (χ1v) is 11.2. The molecule has 0 spiro atoms. The van der Waals surface area contributed by atoms with E-state index < -0.39 is 0 Å². The Bertz CT molecular complexity index is 1100. The fraction of sp³-hybridized carbons (Fsp3) is 0.360. The molecule has 1 aliphatic heterocycles. The second kappa shape index (κ2) is 10.7. The third-order valence-electron chi connectivity index (χ3n) is 6.13. The Morgan fingerprint density at radius 3 is 2.53 bits per heavy atom. The zero-order valence-corrected chi connectivity index (χ0v) is 19.6. The van der Waals surface area contributed by atoms with Gasteiger partial charge in [-0.15, -0.1) is 5.10 Å². The Kier molecular flexibility index (Phi) is 7.44. The van der Waals surface area contributed by atoms with Crippen LogP contribution in [0.4, 0.5) is 15.0 Å². The number of ether oxygens (including phenoxy) is 2. The van der Waals surface area contributed by atoms with Crippen LogP contribution in [0, 0.1) is 12.7 Å². The molecule has 3 aromatic rings. The first kappa shape index (κ1) is 23.7. The number of benzene rings is 2. The minimum absolute atomic E-state index is 0.0258. The Morgan fingerprint density at radius 1 is 1.12 bits per heavy atom. The number of hydrogen-bond donors (Lipinski definition) is 2. The minimum Gasteiger partial charge on any atom is -0.480 e. The molecule has 0 unspecified atom stereocenters. The maximum atomic E-state index is 13.5. The number of rotatable bonds is 8. The minimum atomic E-state index is -0.339. The molecule has 34 heavy (non-hydrogen) atoms. The van der Waals surface area contributed by atoms with Gasteiger partial charge in [0.2, 0.25) is 5.88 Å². The van der Waals surface area contributed by atoms with Gasteiger partial charge in [0.15, 0.2) is 0 Å². The molecule has 9 heteroatoms. The summed E-state index contributed by atoms with van der Waals surface area (Å²) in [5.74, 6) is 0.722. The molecule has 2 heterocycles. The summed E-state index contributed by atoms with van der Waals surface area (Å²) < 4.78 is 25.8. The Morgan fingerprint density at radius 2 is 1.85 bits per heavy atom. The Hall–Kier alpha value is -3.43. The zero-order chi connectivity index (χ0) is 24.1. The number of nitrogens with zero attached hydrogens (tertiary/aromatic N) is 3. The van der Waals surface area contributed by atoms with Gasteiger partial charge in [-0.05, 0) is 36.8 Å². The Balaban J connectivity index is 1.54. The van der Waals surface area contributed by atoms with E-state index >= 15 is 0 Å². The van der Waals surface area contributed by atoms with Crippen molar-refractivity contribution in [2.45, 2.75) is 18.9 Å². The van der Waals surface area contributed by atoms with E-state index in [0.717, 1.165) is 29.9 Å². The van der Waals surface area contributed by atoms with E-state index in [1.54, 1.807) is 31.0 Å². The van der Waals surface area contributed by atoms with Crippen LogP contribution in [-0.4, -0.2) is 67.2 Å². The number of carbonyl (C=O) groups is 1. The van der Waals surface area contributed by atoms with E-state index in [4.69, 9.17) is 9.47 Å². The van der Waals surface area contributed by atoms with Crippen molar-refractivity contribution in [3.8, 4) is 11.6 Å². The summed E-state index contributed by atoms with van der Waals surface area (Å²) in [6, 6.07) is 15.5. The van der Waals surface area contributed by atoms with Crippen molar-refractivity contribution in [2.24, 2.45) is 0 Å². The largest absolute Gasteiger partial charge is 0.480 e. The van der Waals surface area contributed by atoms with Gasteiger partial charge in [0.25, 0.3) is 0 Å². The first-order chi connectivity index (χ1) is 16.5. The summed E-state index contributed by atoms with van der Waals surface area (Å²) in [6.45, 7) is 4.62. The summed E-state index contributed by atoms with van der Waals surface area (Å²) in [7, 11) is 3.22. The summed E-state index contributed by atoms with van der Waals surface area (Å²) in [5, 5.41) is 10.6. The highest BCUT2D eigenvalue weighted by Gasteiger charge is 2.35. The highest BCUT2D eigenvalue weighted by molar-refractivity contribution is 5.90. The predicted octanol–water partition coefficient (Wildman–Crippen LogP) is 3.56. The molecule has 2 amide bonds. The number of amides is 2. The van der Waals surface area contributed by atoms with Crippen LogP contribution in [-0.2, 0) is 4.74 Å². The first-order valence-electron chi connectivity index (χ1n) is 11.2. The molecule has 8 nitrogen and oxygen atoms in total. The van der Waals surface area contributed by atoms with Crippen LogP contribution < -0.4 is 15.4 Å². The molecule has 2 atom stereocenters. The molecular weight excluding hydrogens is 437 g/mol. The molecular formula is C25H30FN5O3. The normalized spacial score (nSPS) is 18.1. The molecule has 2 N–H and O–H groups in total. The number of para-hydroxylation sites is 1. The monoisotopic (exact) mass is 467 g/mol. The highest BCUT2D eigenvalue weighted by atomic mass is 19.1. The van der Waals surface area contributed by atoms with Gasteiger partial charge in [-0.1, -0.05) is 30.3 Å². The van der Waals surface area contributed by atoms with E-state index in [0.29, 0.717) is 24.8 Å². The quantitative estimate of drug-likeness (QED) is 0.530. The molecule has 0 aliphatic carbocycles. The lowest BCUT2D eigenvalue weighted by Crippen LogP contribution is -2.42. The van der Waals surface area contributed by atoms with Crippen LogP contribution >= 0.6 is 0 Å². The number of nitrogens with one attached hydrogen (secondary N) is 2. The SMILES string of the molecule is COCCN1C[C@@H](NC(=O)Nc2c(C)c(OC)nn2-c2ccccc2)[C@H](c2ccc(F)cc2)C1. The second-order valence-electron chi connectivity index (χ2n) is 8.35. The van der Waals surface area contributed by atoms with Gasteiger partial charge in [0.05, 0.1) is 31.0 Å². The Labute approximate surface area is 198 Å². The van der Waals surface area contributed by atoms with Crippen molar-refractivity contribution >= 4 is 11.8 Å². The lowest BCUT2D eigenvalue weighted by atomic mass is 9.94. The highest BCUT2D eigenvalue weighted by Crippen LogP contribution is 2.30. The maximum absolute atomic E-state index is 13.5.